The summed E-state index contributed by atoms with van der Waals surface area (Å²) in [5.74, 6) is 0.678. The van der Waals surface area contributed by atoms with Gasteiger partial charge in [0.25, 0.3) is 0 Å². The molecule has 33 heavy (non-hydrogen) atoms. The van der Waals surface area contributed by atoms with E-state index in [2.05, 4.69) is 10.2 Å². The third-order valence-corrected chi connectivity index (χ3v) is 8.25. The van der Waals surface area contributed by atoms with Crippen molar-refractivity contribution >= 4 is 27.5 Å². The highest BCUT2D eigenvalue weighted by Gasteiger charge is 2.27. The molecule has 3 rings (SSSR count). The Morgan fingerprint density at radius 2 is 1.67 bits per heavy atom. The van der Waals surface area contributed by atoms with Crippen LogP contribution in [0.4, 0.5) is 0 Å². The van der Waals surface area contributed by atoms with Crippen molar-refractivity contribution in [2.75, 3.05) is 39.8 Å². The molecule has 1 aliphatic rings. The Bertz CT molecular complexity index is 1040. The first-order valence-electron chi connectivity index (χ1n) is 11.1. The van der Waals surface area contributed by atoms with Crippen LogP contribution in [0.3, 0.4) is 0 Å². The van der Waals surface area contributed by atoms with Crippen molar-refractivity contribution < 1.29 is 17.9 Å². The summed E-state index contributed by atoms with van der Waals surface area (Å²) in [6, 6.07) is 10.5. The molecule has 1 heterocycles. The van der Waals surface area contributed by atoms with Gasteiger partial charge in [0.15, 0.2) is 0 Å². The van der Waals surface area contributed by atoms with Crippen molar-refractivity contribution in [2.24, 2.45) is 0 Å². The fourth-order valence-electron chi connectivity index (χ4n) is 3.66. The maximum Gasteiger partial charge on any atom is 0.243 e. The molecule has 0 unspecified atom stereocenters. The lowest BCUT2D eigenvalue weighted by Crippen LogP contribution is -2.47. The van der Waals surface area contributed by atoms with Crippen molar-refractivity contribution in [1.29, 1.82) is 0 Å². The first-order chi connectivity index (χ1) is 15.7. The van der Waals surface area contributed by atoms with Crippen molar-refractivity contribution in [2.45, 2.75) is 38.1 Å². The Kier molecular flexibility index (Phi) is 8.75. The zero-order valence-corrected chi connectivity index (χ0v) is 21.0. The van der Waals surface area contributed by atoms with Crippen LogP contribution in [-0.2, 0) is 21.4 Å². The number of hydrogen-bond acceptors (Lipinski definition) is 5. The zero-order chi connectivity index (χ0) is 24.0. The topological polar surface area (TPSA) is 78.9 Å². The number of halogens is 1. The second kappa shape index (κ2) is 11.3. The molecule has 7 nitrogen and oxygen atoms in total. The Hall–Kier alpha value is -2.13. The summed E-state index contributed by atoms with van der Waals surface area (Å²) in [7, 11) is -1.49. The third kappa shape index (κ3) is 6.93. The van der Waals surface area contributed by atoms with E-state index in [-0.39, 0.29) is 10.8 Å². The number of rotatable bonds is 9. The van der Waals surface area contributed by atoms with Gasteiger partial charge in [0, 0.05) is 44.2 Å². The average molecular weight is 494 g/mol. The maximum absolute atomic E-state index is 12.8. The van der Waals surface area contributed by atoms with Crippen molar-refractivity contribution in [3.8, 4) is 5.75 Å². The summed E-state index contributed by atoms with van der Waals surface area (Å²) in [4.78, 5) is 14.5. The molecule has 180 valence electrons. The van der Waals surface area contributed by atoms with Crippen LogP contribution < -0.4 is 10.1 Å². The summed E-state index contributed by atoms with van der Waals surface area (Å²) in [6.45, 7) is 7.11. The lowest BCUT2D eigenvalue weighted by atomic mass is 10.1. The fourth-order valence-corrected chi connectivity index (χ4v) is 5.19. The summed E-state index contributed by atoms with van der Waals surface area (Å²) in [5.41, 5.74) is 2.78. The number of carbonyl (C=O) groups excluding carboxylic acids is 1. The number of piperazine rings is 1. The van der Waals surface area contributed by atoms with Crippen LogP contribution in [0.5, 0.6) is 5.75 Å². The molecular formula is C24H32ClN3O4S. The number of sulfonamides is 1. The van der Waals surface area contributed by atoms with Gasteiger partial charge < -0.3 is 15.0 Å². The predicted molar refractivity (Wildman–Crippen MR) is 130 cm³/mol. The molecule has 9 heteroatoms. The largest absolute Gasteiger partial charge is 0.494 e. The number of hydrogen-bond donors (Lipinski definition) is 1. The normalized spacial score (nSPS) is 15.4. The van der Waals surface area contributed by atoms with E-state index in [1.165, 1.54) is 4.31 Å². The SMILES string of the molecule is Cc1cc(OCCCC(=O)NCc2ccc(S(=O)(=O)N3CCN(C)CC3)cc2)cc(C)c1Cl. The molecule has 2 aromatic rings. The molecule has 1 N–H and O–H groups in total. The van der Waals surface area contributed by atoms with Gasteiger partial charge >= 0.3 is 0 Å². The molecule has 0 spiro atoms. The first-order valence-corrected chi connectivity index (χ1v) is 12.9. The quantitative estimate of drug-likeness (QED) is 0.542. The molecule has 0 radical (unpaired) electrons. The predicted octanol–water partition coefficient (Wildman–Crippen LogP) is 3.37. The summed E-state index contributed by atoms with van der Waals surface area (Å²) >= 11 is 6.17. The Balaban J connectivity index is 1.41. The van der Waals surface area contributed by atoms with Crippen molar-refractivity contribution in [3.63, 3.8) is 0 Å². The highest BCUT2D eigenvalue weighted by atomic mass is 35.5. The zero-order valence-electron chi connectivity index (χ0n) is 19.4. The standard InChI is InChI=1S/C24H32ClN3O4S/c1-18-15-21(16-19(2)24(18)25)32-14-4-5-23(29)26-17-20-6-8-22(9-7-20)33(30,31)28-12-10-27(3)11-13-28/h6-9,15-16H,4-5,10-14,17H2,1-3H3,(H,26,29). The molecule has 0 bridgehead atoms. The number of nitrogens with one attached hydrogen (secondary N) is 1. The third-order valence-electron chi connectivity index (χ3n) is 5.74. The van der Waals surface area contributed by atoms with Crippen molar-refractivity contribution in [3.05, 3.63) is 58.1 Å². The second-order valence-corrected chi connectivity index (χ2v) is 10.8. The fraction of sp³-hybridized carbons (Fsp3) is 0.458. The van der Waals surface area contributed by atoms with Crippen molar-refractivity contribution in [1.82, 2.24) is 14.5 Å². The van der Waals surface area contributed by atoms with E-state index in [0.717, 1.165) is 40.6 Å². The smallest absolute Gasteiger partial charge is 0.243 e. The molecule has 0 atom stereocenters. The number of benzene rings is 2. The molecule has 0 saturated carbocycles. The van der Waals surface area contributed by atoms with Crippen LogP contribution in [-0.4, -0.2) is 63.4 Å². The Morgan fingerprint density at radius 3 is 2.27 bits per heavy atom. The van der Waals surface area contributed by atoms with E-state index in [1.807, 2.05) is 33.0 Å². The summed E-state index contributed by atoms with van der Waals surface area (Å²) in [6.07, 6.45) is 0.941. The molecule has 1 amide bonds. The maximum atomic E-state index is 12.8. The minimum Gasteiger partial charge on any atom is -0.494 e. The number of nitrogens with zero attached hydrogens (tertiary/aromatic N) is 2. The minimum atomic E-state index is -3.48. The number of amides is 1. The van der Waals surface area contributed by atoms with Gasteiger partial charge in [0.05, 0.1) is 11.5 Å². The molecule has 0 aromatic heterocycles. The minimum absolute atomic E-state index is 0.0730. The van der Waals surface area contributed by atoms with E-state index in [1.54, 1.807) is 24.3 Å². The molecule has 0 aliphatic carbocycles. The van der Waals surface area contributed by atoms with E-state index in [9.17, 15) is 13.2 Å². The van der Waals surface area contributed by atoms with Crippen LogP contribution in [0.1, 0.15) is 29.5 Å². The van der Waals surface area contributed by atoms with E-state index in [4.69, 9.17) is 16.3 Å². The number of likely N-dealkylation sites (N-methyl/N-ethyl adjacent to an activating group) is 1. The van der Waals surface area contributed by atoms with Gasteiger partial charge in [-0.25, -0.2) is 8.42 Å². The van der Waals surface area contributed by atoms with Gasteiger partial charge in [-0.1, -0.05) is 23.7 Å². The van der Waals surface area contributed by atoms with Gasteiger partial charge in [-0.15, -0.1) is 0 Å². The van der Waals surface area contributed by atoms with Gasteiger partial charge in [-0.05, 0) is 68.3 Å². The lowest BCUT2D eigenvalue weighted by molar-refractivity contribution is -0.121. The monoisotopic (exact) mass is 493 g/mol. The molecule has 1 saturated heterocycles. The number of aryl methyl sites for hydroxylation is 2. The highest BCUT2D eigenvalue weighted by molar-refractivity contribution is 7.89. The van der Waals surface area contributed by atoms with Gasteiger partial charge in [0.2, 0.25) is 15.9 Å². The molecular weight excluding hydrogens is 462 g/mol. The molecule has 2 aromatic carbocycles. The van der Waals surface area contributed by atoms with Gasteiger partial charge in [0.1, 0.15) is 5.75 Å². The Labute approximate surface area is 201 Å². The van der Waals surface area contributed by atoms with Gasteiger partial charge in [-0.2, -0.15) is 4.31 Å². The molecule has 1 aliphatic heterocycles. The number of ether oxygens (including phenoxy) is 1. The second-order valence-electron chi connectivity index (χ2n) is 8.45. The average Bonchev–Trinajstić information content (AvgIpc) is 2.79. The summed E-state index contributed by atoms with van der Waals surface area (Å²) < 4.78 is 32.8. The van der Waals surface area contributed by atoms with Crippen LogP contribution in [0.25, 0.3) is 0 Å². The highest BCUT2D eigenvalue weighted by Crippen LogP contribution is 2.26. The number of carbonyl (C=O) groups is 1. The molecule has 1 fully saturated rings. The lowest BCUT2D eigenvalue weighted by Gasteiger charge is -2.31. The van der Waals surface area contributed by atoms with E-state index >= 15 is 0 Å². The Morgan fingerprint density at radius 1 is 1.06 bits per heavy atom. The van der Waals surface area contributed by atoms with Crippen LogP contribution in [0.2, 0.25) is 5.02 Å². The first kappa shape index (κ1) is 25.5. The van der Waals surface area contributed by atoms with Gasteiger partial charge in [-0.3, -0.25) is 4.79 Å². The van der Waals surface area contributed by atoms with Crippen LogP contribution in [0.15, 0.2) is 41.3 Å². The van der Waals surface area contributed by atoms with E-state index in [0.29, 0.717) is 39.1 Å². The van der Waals surface area contributed by atoms with Crippen LogP contribution >= 0.6 is 11.6 Å². The van der Waals surface area contributed by atoms with E-state index < -0.39 is 10.0 Å². The van der Waals surface area contributed by atoms with Crippen LogP contribution in [0, 0.1) is 13.8 Å². The summed E-state index contributed by atoms with van der Waals surface area (Å²) in [5, 5.41) is 3.61.